The number of carbonyl (C=O) groups is 1. The molecule has 0 saturated heterocycles. The van der Waals surface area contributed by atoms with Gasteiger partial charge in [-0.05, 0) is 0 Å². The Morgan fingerprint density at radius 2 is 2.09 bits per heavy atom. The van der Waals surface area contributed by atoms with Gasteiger partial charge in [-0.3, -0.25) is 0 Å². The fourth-order valence-electron chi connectivity index (χ4n) is 0.550. The van der Waals surface area contributed by atoms with E-state index in [4.69, 9.17) is 0 Å². The van der Waals surface area contributed by atoms with Gasteiger partial charge in [0, 0.05) is 6.54 Å². The molecule has 0 spiro atoms. The molecule has 0 saturated carbocycles. The minimum atomic E-state index is -1.47. The predicted octanol–water partition coefficient (Wildman–Crippen LogP) is 1.31. The molecule has 0 bridgehead atoms. The Kier molecular flexibility index (Phi) is 3.88. The molecular formula is C7H16N2OSi. The van der Waals surface area contributed by atoms with Crippen LogP contribution in [0.25, 0.3) is 0 Å². The molecular weight excluding hydrogens is 156 g/mol. The normalized spacial score (nSPS) is 10.5. The number of hydrogen-bond acceptors (Lipinski definition) is 1. The third-order valence-corrected chi connectivity index (χ3v) is 1.87. The first-order chi connectivity index (χ1) is 4.95. The molecule has 0 aliphatic carbocycles. The molecule has 0 aliphatic heterocycles. The lowest BCUT2D eigenvalue weighted by Crippen LogP contribution is -2.50. The summed E-state index contributed by atoms with van der Waals surface area (Å²) in [4.78, 5) is 13.9. The van der Waals surface area contributed by atoms with Crippen LogP contribution >= 0.6 is 0 Å². The Morgan fingerprint density at radius 3 is 2.45 bits per heavy atom. The smallest absolute Gasteiger partial charge is 0.307 e. The maximum absolute atomic E-state index is 11.0. The molecule has 0 unspecified atom stereocenters. The summed E-state index contributed by atoms with van der Waals surface area (Å²) >= 11 is 0. The summed E-state index contributed by atoms with van der Waals surface area (Å²) in [6.45, 7) is 10.2. The molecule has 11 heavy (non-hydrogen) atoms. The summed E-state index contributed by atoms with van der Waals surface area (Å²) in [5.41, 5.74) is 0. The van der Waals surface area contributed by atoms with Crippen LogP contribution in [-0.4, -0.2) is 20.8 Å². The topological polar surface area (TPSA) is 41.1 Å². The standard InChI is InChI=1S/C7H16N2OSi/c1-5-6-8-7(10)9-11(2,3)4/h5H,1,6H2,2-4H3,(H2,8,9,10). The van der Waals surface area contributed by atoms with Gasteiger partial charge in [-0.25, -0.2) is 4.79 Å². The van der Waals surface area contributed by atoms with Crippen LogP contribution in [0.5, 0.6) is 0 Å². The summed E-state index contributed by atoms with van der Waals surface area (Å²) in [5.74, 6) is 0. The first kappa shape index (κ1) is 10.2. The monoisotopic (exact) mass is 172 g/mol. The van der Waals surface area contributed by atoms with E-state index in [1.54, 1.807) is 6.08 Å². The summed E-state index contributed by atoms with van der Waals surface area (Å²) in [5, 5.41) is 2.66. The Hall–Kier alpha value is -0.773. The van der Waals surface area contributed by atoms with E-state index >= 15 is 0 Å². The SMILES string of the molecule is C=CCNC(=O)N[Si](C)(C)C. The zero-order valence-corrected chi connectivity index (χ0v) is 8.40. The highest BCUT2D eigenvalue weighted by atomic mass is 28.3. The van der Waals surface area contributed by atoms with E-state index < -0.39 is 8.24 Å². The van der Waals surface area contributed by atoms with Gasteiger partial charge in [0.1, 0.15) is 8.24 Å². The number of rotatable bonds is 3. The quantitative estimate of drug-likeness (QED) is 0.489. The van der Waals surface area contributed by atoms with E-state index in [0.29, 0.717) is 6.54 Å². The summed E-state index contributed by atoms with van der Waals surface area (Å²) < 4.78 is 0. The van der Waals surface area contributed by atoms with Crippen LogP contribution in [0.2, 0.25) is 19.6 Å². The van der Waals surface area contributed by atoms with Gasteiger partial charge in [0.05, 0.1) is 0 Å². The van der Waals surface area contributed by atoms with E-state index in [-0.39, 0.29) is 6.03 Å². The molecule has 0 rings (SSSR count). The lowest BCUT2D eigenvalue weighted by atomic mass is 10.6. The van der Waals surface area contributed by atoms with E-state index in [9.17, 15) is 4.79 Å². The van der Waals surface area contributed by atoms with Crippen LogP contribution in [0.3, 0.4) is 0 Å². The van der Waals surface area contributed by atoms with Gasteiger partial charge in [-0.1, -0.05) is 25.7 Å². The van der Waals surface area contributed by atoms with Gasteiger partial charge in [0.2, 0.25) is 0 Å². The van der Waals surface area contributed by atoms with E-state index in [2.05, 4.69) is 36.5 Å². The Morgan fingerprint density at radius 1 is 1.55 bits per heavy atom. The van der Waals surface area contributed by atoms with E-state index in [0.717, 1.165) is 0 Å². The molecule has 2 amide bonds. The third kappa shape index (κ3) is 7.12. The molecule has 64 valence electrons. The number of amides is 2. The van der Waals surface area contributed by atoms with Crippen LogP contribution < -0.4 is 10.3 Å². The Balaban J connectivity index is 3.61. The number of nitrogens with one attached hydrogen (secondary N) is 2. The van der Waals surface area contributed by atoms with Crippen molar-refractivity contribution in [3.63, 3.8) is 0 Å². The van der Waals surface area contributed by atoms with Crippen molar-refractivity contribution >= 4 is 14.3 Å². The fourth-order valence-corrected chi connectivity index (χ4v) is 1.32. The minimum absolute atomic E-state index is 0.0935. The van der Waals surface area contributed by atoms with Crippen molar-refractivity contribution in [2.75, 3.05) is 6.54 Å². The zero-order valence-electron chi connectivity index (χ0n) is 7.40. The molecule has 3 nitrogen and oxygen atoms in total. The molecule has 2 N–H and O–H groups in total. The van der Waals surface area contributed by atoms with Gasteiger partial charge in [-0.2, -0.15) is 0 Å². The second-order valence-corrected chi connectivity index (χ2v) is 8.12. The van der Waals surface area contributed by atoms with Gasteiger partial charge in [0.15, 0.2) is 0 Å². The summed E-state index contributed by atoms with van der Waals surface area (Å²) in [6.07, 6.45) is 1.66. The van der Waals surface area contributed by atoms with Crippen molar-refractivity contribution in [1.82, 2.24) is 10.3 Å². The maximum Gasteiger partial charge on any atom is 0.307 e. The lowest BCUT2D eigenvalue weighted by Gasteiger charge is -2.17. The average Bonchev–Trinajstić information content (AvgIpc) is 1.79. The van der Waals surface area contributed by atoms with Crippen molar-refractivity contribution in [1.29, 1.82) is 0 Å². The van der Waals surface area contributed by atoms with Gasteiger partial charge in [0.25, 0.3) is 0 Å². The van der Waals surface area contributed by atoms with Crippen LogP contribution in [0.1, 0.15) is 0 Å². The van der Waals surface area contributed by atoms with Crippen LogP contribution in [0.15, 0.2) is 12.7 Å². The maximum atomic E-state index is 11.0. The lowest BCUT2D eigenvalue weighted by molar-refractivity contribution is 0.246. The number of urea groups is 1. The highest BCUT2D eigenvalue weighted by molar-refractivity contribution is 6.75. The molecule has 0 aromatic carbocycles. The summed E-state index contributed by atoms with van der Waals surface area (Å²) in [6, 6.07) is -0.0935. The number of hydrogen-bond donors (Lipinski definition) is 2. The molecule has 0 aromatic rings. The largest absolute Gasteiger partial charge is 0.365 e. The molecule has 0 atom stereocenters. The van der Waals surface area contributed by atoms with Crippen molar-refractivity contribution in [2.24, 2.45) is 0 Å². The zero-order chi connectivity index (χ0) is 8.91. The first-order valence-corrected chi connectivity index (χ1v) is 7.12. The highest BCUT2D eigenvalue weighted by Crippen LogP contribution is 1.92. The molecule has 0 aromatic heterocycles. The third-order valence-electron chi connectivity index (χ3n) is 0.895. The van der Waals surface area contributed by atoms with Crippen molar-refractivity contribution < 1.29 is 4.79 Å². The molecule has 0 fully saturated rings. The number of carbonyl (C=O) groups excluding carboxylic acids is 1. The van der Waals surface area contributed by atoms with Crippen molar-refractivity contribution in [2.45, 2.75) is 19.6 Å². The Labute approximate surface area is 69.0 Å². The summed E-state index contributed by atoms with van der Waals surface area (Å²) in [7, 11) is -1.47. The van der Waals surface area contributed by atoms with Crippen LogP contribution in [0, 0.1) is 0 Å². The molecule has 0 radical (unpaired) electrons. The second-order valence-electron chi connectivity index (χ2n) is 3.37. The molecule has 4 heteroatoms. The molecule has 0 heterocycles. The van der Waals surface area contributed by atoms with Crippen LogP contribution in [0.4, 0.5) is 4.79 Å². The highest BCUT2D eigenvalue weighted by Gasteiger charge is 2.15. The predicted molar refractivity (Wildman–Crippen MR) is 50.1 cm³/mol. The van der Waals surface area contributed by atoms with Crippen molar-refractivity contribution in [3.05, 3.63) is 12.7 Å². The van der Waals surface area contributed by atoms with Crippen LogP contribution in [-0.2, 0) is 0 Å². The minimum Gasteiger partial charge on any atom is -0.365 e. The second kappa shape index (κ2) is 4.18. The Bertz CT molecular complexity index is 151. The van der Waals surface area contributed by atoms with E-state index in [1.807, 2.05) is 0 Å². The van der Waals surface area contributed by atoms with Crippen molar-refractivity contribution in [3.8, 4) is 0 Å². The molecule has 0 aliphatic rings. The fraction of sp³-hybridized carbons (Fsp3) is 0.571. The first-order valence-electron chi connectivity index (χ1n) is 3.62. The average molecular weight is 172 g/mol. The van der Waals surface area contributed by atoms with Gasteiger partial charge >= 0.3 is 6.03 Å². The van der Waals surface area contributed by atoms with E-state index in [1.165, 1.54) is 0 Å². The van der Waals surface area contributed by atoms with Gasteiger partial charge in [-0.15, -0.1) is 6.58 Å². The van der Waals surface area contributed by atoms with Gasteiger partial charge < -0.3 is 10.3 Å².